The Bertz CT molecular complexity index is 541. The van der Waals surface area contributed by atoms with Gasteiger partial charge in [0.05, 0.1) is 7.11 Å². The predicted molar refractivity (Wildman–Crippen MR) is 63.0 cm³/mol. The normalized spacial score (nSPS) is 9.39. The minimum Gasteiger partial charge on any atom is -1.00 e. The molecule has 4 nitrogen and oxygen atoms in total. The quantitative estimate of drug-likeness (QED) is 0.657. The van der Waals surface area contributed by atoms with Gasteiger partial charge in [0, 0.05) is 18.2 Å². The Balaban J connectivity index is 0.00000162. The summed E-state index contributed by atoms with van der Waals surface area (Å²) < 4.78 is 6.92. The third kappa shape index (κ3) is 2.99. The van der Waals surface area contributed by atoms with Crippen LogP contribution in [0.25, 0.3) is 5.69 Å². The first kappa shape index (κ1) is 14.0. The number of halogens is 1. The van der Waals surface area contributed by atoms with Crippen molar-refractivity contribution in [2.24, 2.45) is 5.73 Å². The second-order valence-corrected chi connectivity index (χ2v) is 3.56. The number of carbonyl (C=O) groups excluding carboxylic acids is 1. The number of ether oxygens (including phenoxy) is 1. The first-order chi connectivity index (χ1) is 8.20. The van der Waals surface area contributed by atoms with Crippen LogP contribution in [0, 0.1) is 0 Å². The average molecular weight is 265 g/mol. The van der Waals surface area contributed by atoms with Crippen molar-refractivity contribution in [2.45, 2.75) is 0 Å². The number of aromatic nitrogens is 1. The Morgan fingerprint density at radius 3 is 2.44 bits per heavy atom. The predicted octanol–water partition coefficient (Wildman–Crippen LogP) is -1.93. The fourth-order valence-electron chi connectivity index (χ4n) is 1.54. The largest absolute Gasteiger partial charge is 1.00 e. The van der Waals surface area contributed by atoms with E-state index in [2.05, 4.69) is 0 Å². The second-order valence-electron chi connectivity index (χ2n) is 3.56. The summed E-state index contributed by atoms with van der Waals surface area (Å²) in [6, 6.07) is 11.0. The molecule has 1 aromatic heterocycles. The molecular weight excluding hydrogens is 252 g/mol. The molecule has 0 fully saturated rings. The molecule has 2 N–H and O–H groups in total. The lowest BCUT2D eigenvalue weighted by Crippen LogP contribution is -3.00. The van der Waals surface area contributed by atoms with Crippen LogP contribution in [0.1, 0.15) is 10.4 Å². The van der Waals surface area contributed by atoms with Gasteiger partial charge in [-0.2, -0.15) is 4.57 Å². The van der Waals surface area contributed by atoms with Gasteiger partial charge in [-0.15, -0.1) is 0 Å². The molecule has 0 aliphatic heterocycles. The molecule has 2 aromatic rings. The molecule has 1 aromatic carbocycles. The van der Waals surface area contributed by atoms with Gasteiger partial charge in [0.1, 0.15) is 11.3 Å². The van der Waals surface area contributed by atoms with Crippen LogP contribution in [0.4, 0.5) is 0 Å². The first-order valence-corrected chi connectivity index (χ1v) is 5.16. The van der Waals surface area contributed by atoms with Crippen molar-refractivity contribution >= 4 is 5.91 Å². The van der Waals surface area contributed by atoms with E-state index < -0.39 is 5.91 Å². The number of nitrogens with two attached hydrogens (primary N) is 1. The Kier molecular flexibility index (Phi) is 4.68. The maximum Gasteiger partial charge on any atom is 0.254 e. The van der Waals surface area contributed by atoms with Gasteiger partial charge in [-0.25, -0.2) is 0 Å². The lowest BCUT2D eigenvalue weighted by Gasteiger charge is -2.00. The van der Waals surface area contributed by atoms with Crippen LogP contribution in [0.3, 0.4) is 0 Å². The van der Waals surface area contributed by atoms with Crippen molar-refractivity contribution < 1.29 is 26.5 Å². The molecule has 2 rings (SSSR count). The molecule has 0 saturated heterocycles. The summed E-state index contributed by atoms with van der Waals surface area (Å²) in [5.41, 5.74) is 6.65. The minimum atomic E-state index is -0.437. The van der Waals surface area contributed by atoms with E-state index in [0.29, 0.717) is 5.56 Å². The van der Waals surface area contributed by atoms with Gasteiger partial charge in [0.25, 0.3) is 5.91 Å². The highest BCUT2D eigenvalue weighted by Gasteiger charge is 2.09. The highest BCUT2D eigenvalue weighted by atomic mass is 35.5. The van der Waals surface area contributed by atoms with E-state index >= 15 is 0 Å². The van der Waals surface area contributed by atoms with Gasteiger partial charge in [-0.3, -0.25) is 4.79 Å². The fraction of sp³-hybridized carbons (Fsp3) is 0.0769. The van der Waals surface area contributed by atoms with Crippen molar-refractivity contribution in [3.8, 4) is 11.4 Å². The molecule has 0 bridgehead atoms. The van der Waals surface area contributed by atoms with Crippen LogP contribution in [0.15, 0.2) is 48.8 Å². The minimum absolute atomic E-state index is 0. The number of hydrogen-bond acceptors (Lipinski definition) is 2. The summed E-state index contributed by atoms with van der Waals surface area (Å²) in [4.78, 5) is 11.1. The number of methoxy groups -OCH3 is 1. The van der Waals surface area contributed by atoms with Gasteiger partial charge in [-0.1, -0.05) is 0 Å². The number of primary amides is 1. The van der Waals surface area contributed by atoms with E-state index in [1.54, 1.807) is 25.4 Å². The molecule has 0 aliphatic rings. The third-order valence-corrected chi connectivity index (χ3v) is 2.46. The Morgan fingerprint density at radius 2 is 1.89 bits per heavy atom. The molecule has 0 spiro atoms. The molecule has 0 atom stereocenters. The lowest BCUT2D eigenvalue weighted by molar-refractivity contribution is -0.595. The van der Waals surface area contributed by atoms with Gasteiger partial charge < -0.3 is 22.9 Å². The van der Waals surface area contributed by atoms with Crippen LogP contribution in [0.2, 0.25) is 0 Å². The van der Waals surface area contributed by atoms with Crippen molar-refractivity contribution in [1.82, 2.24) is 0 Å². The zero-order valence-corrected chi connectivity index (χ0v) is 10.6. The topological polar surface area (TPSA) is 56.2 Å². The Morgan fingerprint density at radius 1 is 1.22 bits per heavy atom. The van der Waals surface area contributed by atoms with E-state index in [1.165, 1.54) is 0 Å². The van der Waals surface area contributed by atoms with E-state index in [1.807, 2.05) is 35.0 Å². The number of amides is 1. The van der Waals surface area contributed by atoms with E-state index in [0.717, 1.165) is 11.4 Å². The first-order valence-electron chi connectivity index (χ1n) is 5.16. The van der Waals surface area contributed by atoms with Crippen molar-refractivity contribution in [2.75, 3.05) is 7.11 Å². The summed E-state index contributed by atoms with van der Waals surface area (Å²) >= 11 is 0. The molecule has 18 heavy (non-hydrogen) atoms. The Labute approximate surface area is 111 Å². The SMILES string of the molecule is COc1ccc(-[n+]2cccc(C(N)=O)c2)cc1.[Cl-]. The monoisotopic (exact) mass is 264 g/mol. The number of hydrogen-bond donors (Lipinski definition) is 1. The van der Waals surface area contributed by atoms with E-state index in [4.69, 9.17) is 10.5 Å². The van der Waals surface area contributed by atoms with Crippen LogP contribution < -0.4 is 27.4 Å². The maximum absolute atomic E-state index is 11.1. The molecule has 94 valence electrons. The molecule has 0 unspecified atom stereocenters. The third-order valence-electron chi connectivity index (χ3n) is 2.46. The van der Waals surface area contributed by atoms with Gasteiger partial charge in [0.15, 0.2) is 12.4 Å². The smallest absolute Gasteiger partial charge is 0.254 e. The summed E-state index contributed by atoms with van der Waals surface area (Å²) in [5.74, 6) is 0.355. The molecule has 5 heteroatoms. The van der Waals surface area contributed by atoms with Crippen LogP contribution in [-0.4, -0.2) is 13.0 Å². The molecular formula is C13H13ClN2O2. The van der Waals surface area contributed by atoms with Gasteiger partial charge >= 0.3 is 0 Å². The summed E-state index contributed by atoms with van der Waals surface area (Å²) in [7, 11) is 1.62. The van der Waals surface area contributed by atoms with Gasteiger partial charge in [-0.05, 0) is 18.2 Å². The molecule has 0 aliphatic carbocycles. The zero-order valence-electron chi connectivity index (χ0n) is 9.84. The van der Waals surface area contributed by atoms with E-state index in [9.17, 15) is 4.79 Å². The van der Waals surface area contributed by atoms with Crippen molar-refractivity contribution in [1.29, 1.82) is 0 Å². The van der Waals surface area contributed by atoms with E-state index in [-0.39, 0.29) is 12.4 Å². The standard InChI is InChI=1S/C13H12N2O2.ClH/c1-17-12-6-4-11(5-7-12)15-8-2-3-10(9-15)13(14)16;/h2-9H,1H3,(H-,14,16);1H. The van der Waals surface area contributed by atoms with Crippen molar-refractivity contribution in [3.63, 3.8) is 0 Å². The molecule has 1 amide bonds. The lowest BCUT2D eigenvalue weighted by atomic mass is 10.2. The number of rotatable bonds is 3. The summed E-state index contributed by atoms with van der Waals surface area (Å²) in [5, 5.41) is 0. The second kappa shape index (κ2) is 6.02. The highest BCUT2D eigenvalue weighted by molar-refractivity contribution is 5.92. The summed E-state index contributed by atoms with van der Waals surface area (Å²) in [6.45, 7) is 0. The highest BCUT2D eigenvalue weighted by Crippen LogP contribution is 2.11. The molecule has 0 saturated carbocycles. The van der Waals surface area contributed by atoms with Crippen LogP contribution >= 0.6 is 0 Å². The summed E-state index contributed by atoms with van der Waals surface area (Å²) in [6.07, 6.45) is 3.55. The zero-order chi connectivity index (χ0) is 12.3. The Hall–Kier alpha value is -2.07. The average Bonchev–Trinajstić information content (AvgIpc) is 2.39. The van der Waals surface area contributed by atoms with Gasteiger partial charge in [0.2, 0.25) is 5.69 Å². The number of carbonyl (C=O) groups is 1. The van der Waals surface area contributed by atoms with Crippen LogP contribution in [-0.2, 0) is 0 Å². The van der Waals surface area contributed by atoms with Crippen LogP contribution in [0.5, 0.6) is 5.75 Å². The molecule has 0 radical (unpaired) electrons. The fourth-order valence-corrected chi connectivity index (χ4v) is 1.54. The maximum atomic E-state index is 11.1. The number of pyridine rings is 1. The molecule has 1 heterocycles. The van der Waals surface area contributed by atoms with Crippen molar-refractivity contribution in [3.05, 3.63) is 54.4 Å². The number of nitrogens with zero attached hydrogens (tertiary/aromatic N) is 1. The number of benzene rings is 1.